The van der Waals surface area contributed by atoms with Crippen LogP contribution in [0.2, 0.25) is 5.02 Å². The molecule has 1 heterocycles. The van der Waals surface area contributed by atoms with Crippen LogP contribution in [0.3, 0.4) is 0 Å². The van der Waals surface area contributed by atoms with Crippen LogP contribution in [-0.2, 0) is 9.53 Å². The van der Waals surface area contributed by atoms with E-state index in [1.54, 1.807) is 24.3 Å². The number of benzene rings is 1. The lowest BCUT2D eigenvalue weighted by atomic mass is 10.3. The molecule has 1 amide bonds. The fraction of sp³-hybridized carbons (Fsp3) is 0.143. The van der Waals surface area contributed by atoms with Gasteiger partial charge in [0.25, 0.3) is 5.91 Å². The molecule has 0 unspecified atom stereocenters. The molecule has 6 nitrogen and oxygen atoms in total. The van der Waals surface area contributed by atoms with Gasteiger partial charge < -0.3 is 10.1 Å². The molecular formula is C14H12ClN3O3. The van der Waals surface area contributed by atoms with Crippen LogP contribution in [0.25, 0.3) is 0 Å². The fourth-order valence-electron chi connectivity index (χ4n) is 1.49. The number of hydrogen-bond donors (Lipinski definition) is 1. The summed E-state index contributed by atoms with van der Waals surface area (Å²) in [6.07, 6.45) is 3.10. The van der Waals surface area contributed by atoms with Gasteiger partial charge in [-0.15, -0.1) is 0 Å². The molecule has 0 aliphatic rings. The summed E-state index contributed by atoms with van der Waals surface area (Å²) in [5.74, 6) is -1.17. The van der Waals surface area contributed by atoms with Gasteiger partial charge in [0.2, 0.25) is 0 Å². The van der Waals surface area contributed by atoms with Gasteiger partial charge in [-0.3, -0.25) is 9.78 Å². The average molecular weight is 306 g/mol. The number of nitrogens with zero attached hydrogens (tertiary/aromatic N) is 2. The monoisotopic (exact) mass is 305 g/mol. The number of rotatable bonds is 4. The first-order chi connectivity index (χ1) is 10.1. The molecular weight excluding hydrogens is 294 g/mol. The molecule has 0 radical (unpaired) electrons. The standard InChI is InChI=1S/C14H12ClN3O3/c1-9(21-14(20)12-8-16-5-6-17-12)13(19)18-11-4-2-3-10(15)7-11/h2-9H,1H3,(H,18,19)/t9-/m1/s1. The van der Waals surface area contributed by atoms with E-state index in [4.69, 9.17) is 16.3 Å². The van der Waals surface area contributed by atoms with Crippen LogP contribution < -0.4 is 5.32 Å². The highest BCUT2D eigenvalue weighted by Crippen LogP contribution is 2.15. The average Bonchev–Trinajstić information content (AvgIpc) is 2.48. The van der Waals surface area contributed by atoms with E-state index in [1.165, 1.54) is 25.5 Å². The van der Waals surface area contributed by atoms with Crippen molar-refractivity contribution < 1.29 is 14.3 Å². The Hall–Kier alpha value is -2.47. The fourth-order valence-corrected chi connectivity index (χ4v) is 1.68. The van der Waals surface area contributed by atoms with E-state index < -0.39 is 18.0 Å². The summed E-state index contributed by atoms with van der Waals surface area (Å²) in [5.41, 5.74) is 0.565. The Morgan fingerprint density at radius 1 is 1.33 bits per heavy atom. The van der Waals surface area contributed by atoms with E-state index in [0.29, 0.717) is 10.7 Å². The lowest BCUT2D eigenvalue weighted by Crippen LogP contribution is -2.30. The topological polar surface area (TPSA) is 81.2 Å². The highest BCUT2D eigenvalue weighted by Gasteiger charge is 2.19. The smallest absolute Gasteiger partial charge is 0.359 e. The zero-order chi connectivity index (χ0) is 15.2. The van der Waals surface area contributed by atoms with E-state index in [1.807, 2.05) is 0 Å². The van der Waals surface area contributed by atoms with Gasteiger partial charge in [0.1, 0.15) is 0 Å². The maximum atomic E-state index is 11.9. The van der Waals surface area contributed by atoms with E-state index >= 15 is 0 Å². The molecule has 1 aromatic heterocycles. The summed E-state index contributed by atoms with van der Waals surface area (Å²) in [7, 11) is 0. The van der Waals surface area contributed by atoms with Crippen molar-refractivity contribution in [1.29, 1.82) is 0 Å². The zero-order valence-corrected chi connectivity index (χ0v) is 11.9. The third kappa shape index (κ3) is 4.25. The van der Waals surface area contributed by atoms with Gasteiger partial charge in [0.05, 0.1) is 6.20 Å². The third-order valence-electron chi connectivity index (χ3n) is 2.52. The maximum Gasteiger partial charge on any atom is 0.359 e. The molecule has 0 spiro atoms. The summed E-state index contributed by atoms with van der Waals surface area (Å²) < 4.78 is 5.01. The molecule has 7 heteroatoms. The lowest BCUT2D eigenvalue weighted by Gasteiger charge is -2.13. The van der Waals surface area contributed by atoms with Crippen molar-refractivity contribution in [1.82, 2.24) is 9.97 Å². The molecule has 0 fully saturated rings. The number of ether oxygens (including phenoxy) is 1. The van der Waals surface area contributed by atoms with Gasteiger partial charge in [-0.1, -0.05) is 17.7 Å². The lowest BCUT2D eigenvalue weighted by molar-refractivity contribution is -0.123. The van der Waals surface area contributed by atoms with Crippen LogP contribution in [0, 0.1) is 0 Å². The molecule has 1 N–H and O–H groups in total. The van der Waals surface area contributed by atoms with E-state index in [0.717, 1.165) is 0 Å². The minimum Gasteiger partial charge on any atom is -0.448 e. The highest BCUT2D eigenvalue weighted by molar-refractivity contribution is 6.30. The molecule has 2 rings (SSSR count). The molecule has 0 aliphatic carbocycles. The van der Waals surface area contributed by atoms with Crippen LogP contribution in [0.1, 0.15) is 17.4 Å². The second-order valence-corrected chi connectivity index (χ2v) is 4.57. The van der Waals surface area contributed by atoms with Crippen LogP contribution in [0.4, 0.5) is 5.69 Å². The molecule has 0 aliphatic heterocycles. The van der Waals surface area contributed by atoms with Crippen LogP contribution in [-0.4, -0.2) is 27.9 Å². The van der Waals surface area contributed by atoms with Crippen molar-refractivity contribution in [2.24, 2.45) is 0 Å². The second kappa shape index (κ2) is 6.81. The number of anilines is 1. The number of amides is 1. The van der Waals surface area contributed by atoms with Crippen molar-refractivity contribution in [3.8, 4) is 0 Å². The SMILES string of the molecule is C[C@@H](OC(=O)c1cnccn1)C(=O)Nc1cccc(Cl)c1. The molecule has 21 heavy (non-hydrogen) atoms. The number of carbonyl (C=O) groups is 2. The number of nitrogens with one attached hydrogen (secondary N) is 1. The number of hydrogen-bond acceptors (Lipinski definition) is 5. The van der Waals surface area contributed by atoms with Gasteiger partial charge >= 0.3 is 5.97 Å². The Kier molecular flexibility index (Phi) is 4.84. The van der Waals surface area contributed by atoms with Crippen molar-refractivity contribution in [3.05, 3.63) is 53.6 Å². The van der Waals surface area contributed by atoms with Crippen LogP contribution in [0.15, 0.2) is 42.9 Å². The normalized spacial score (nSPS) is 11.5. The summed E-state index contributed by atoms with van der Waals surface area (Å²) in [6, 6.07) is 6.67. The van der Waals surface area contributed by atoms with Crippen molar-refractivity contribution in [2.75, 3.05) is 5.32 Å². The van der Waals surface area contributed by atoms with E-state index in [2.05, 4.69) is 15.3 Å². The molecule has 2 aromatic rings. The second-order valence-electron chi connectivity index (χ2n) is 4.14. The summed E-state index contributed by atoms with van der Waals surface area (Å²) in [4.78, 5) is 31.2. The first-order valence-electron chi connectivity index (χ1n) is 6.09. The maximum absolute atomic E-state index is 11.9. The Labute approximate surface area is 126 Å². The quantitative estimate of drug-likeness (QED) is 0.877. The first kappa shape index (κ1) is 14.9. The predicted octanol–water partition coefficient (Wildman–Crippen LogP) is 2.31. The van der Waals surface area contributed by atoms with Crippen LogP contribution in [0.5, 0.6) is 0 Å². The summed E-state index contributed by atoms with van der Waals surface area (Å²) >= 11 is 5.82. The zero-order valence-electron chi connectivity index (χ0n) is 11.1. The highest BCUT2D eigenvalue weighted by atomic mass is 35.5. The molecule has 0 saturated carbocycles. The predicted molar refractivity (Wildman–Crippen MR) is 77.0 cm³/mol. The molecule has 1 aromatic carbocycles. The van der Waals surface area contributed by atoms with Gasteiger partial charge in [-0.25, -0.2) is 9.78 Å². The number of esters is 1. The Morgan fingerprint density at radius 3 is 2.81 bits per heavy atom. The van der Waals surface area contributed by atoms with Crippen molar-refractivity contribution in [2.45, 2.75) is 13.0 Å². The third-order valence-corrected chi connectivity index (χ3v) is 2.75. The van der Waals surface area contributed by atoms with Gasteiger partial charge in [0.15, 0.2) is 11.8 Å². The molecule has 1 atom stereocenters. The van der Waals surface area contributed by atoms with Gasteiger partial charge in [-0.05, 0) is 25.1 Å². The molecule has 0 bridgehead atoms. The number of halogens is 1. The molecule has 0 saturated heterocycles. The van der Waals surface area contributed by atoms with E-state index in [9.17, 15) is 9.59 Å². The van der Waals surface area contributed by atoms with Crippen LogP contribution >= 0.6 is 11.6 Å². The van der Waals surface area contributed by atoms with Gasteiger partial charge in [-0.2, -0.15) is 0 Å². The number of carbonyl (C=O) groups excluding carboxylic acids is 2. The van der Waals surface area contributed by atoms with E-state index in [-0.39, 0.29) is 5.69 Å². The first-order valence-corrected chi connectivity index (χ1v) is 6.47. The summed E-state index contributed by atoms with van der Waals surface area (Å²) in [5, 5.41) is 3.10. The minimum absolute atomic E-state index is 0.0416. The van der Waals surface area contributed by atoms with Crippen molar-refractivity contribution >= 4 is 29.2 Å². The van der Waals surface area contributed by atoms with Gasteiger partial charge in [0, 0.05) is 23.1 Å². The van der Waals surface area contributed by atoms with Crippen molar-refractivity contribution in [3.63, 3.8) is 0 Å². The summed E-state index contributed by atoms with van der Waals surface area (Å²) in [6.45, 7) is 1.47. The Balaban J connectivity index is 1.95. The number of aromatic nitrogens is 2. The minimum atomic E-state index is -0.974. The Morgan fingerprint density at radius 2 is 2.14 bits per heavy atom. The molecule has 108 valence electrons. The Bertz CT molecular complexity index is 649. The largest absolute Gasteiger partial charge is 0.448 e.